The number of phenols is 7. The van der Waals surface area contributed by atoms with Gasteiger partial charge in [0, 0.05) is 41.0 Å². The molecule has 5 rings (SSSR count). The molecule has 4 aromatic carbocycles. The number of phenolic OH excluding ortho intramolecular Hbond substituents is 7. The van der Waals surface area contributed by atoms with Crippen LogP contribution in [0.25, 0.3) is 12.2 Å². The van der Waals surface area contributed by atoms with Crippen molar-refractivity contribution in [2.24, 2.45) is 0 Å². The molecule has 0 aromatic heterocycles. The molecule has 4 aromatic rings. The van der Waals surface area contributed by atoms with Gasteiger partial charge in [0.1, 0.15) is 52.1 Å². The Labute approximate surface area is 205 Å². The van der Waals surface area contributed by atoms with Gasteiger partial charge in [-0.2, -0.15) is 0 Å². The van der Waals surface area contributed by atoms with Crippen LogP contribution in [0.4, 0.5) is 0 Å². The van der Waals surface area contributed by atoms with Crippen LogP contribution < -0.4 is 4.74 Å². The molecule has 0 fully saturated rings. The van der Waals surface area contributed by atoms with Crippen LogP contribution in [0.15, 0.2) is 66.7 Å². The third-order valence-corrected chi connectivity index (χ3v) is 6.04. The normalized spacial score (nSPS) is 16.7. The molecule has 0 saturated heterocycles. The number of hydrogen-bond acceptors (Lipinski definition) is 8. The number of aromatic hydroxyl groups is 7. The third kappa shape index (κ3) is 4.27. The summed E-state index contributed by atoms with van der Waals surface area (Å²) in [6, 6.07) is 15.5. The molecule has 8 heteroatoms. The standard InChI is InChI=1S/C28H22O8/c29-17-3-4-22(25(35)12-17)28-27(16-7-20(32)11-21(33)8-16)23-9-15(24(34)13-26(23)36-28)2-1-14-5-18(30)10-19(31)6-14/h1-13,27-35H/b2-1+/t27-,28+/m1/s1. The van der Waals surface area contributed by atoms with Gasteiger partial charge in [-0.1, -0.05) is 12.2 Å². The molecule has 2 atom stereocenters. The fraction of sp³-hybridized carbons (Fsp3) is 0.0714. The quantitative estimate of drug-likeness (QED) is 0.198. The van der Waals surface area contributed by atoms with Crippen LogP contribution in [-0.4, -0.2) is 35.7 Å². The Kier molecular flexibility index (Phi) is 5.49. The number of hydrogen-bond donors (Lipinski definition) is 7. The Morgan fingerprint density at radius 1 is 0.556 bits per heavy atom. The Hall–Kier alpha value is -4.98. The molecule has 1 heterocycles. The van der Waals surface area contributed by atoms with Gasteiger partial charge in [-0.3, -0.25) is 0 Å². The maximum Gasteiger partial charge on any atom is 0.138 e. The number of benzene rings is 4. The van der Waals surface area contributed by atoms with E-state index in [1.165, 1.54) is 60.7 Å². The van der Waals surface area contributed by atoms with Crippen molar-refractivity contribution in [1.29, 1.82) is 0 Å². The predicted octanol–water partition coefficient (Wildman–Crippen LogP) is 5.06. The zero-order valence-corrected chi connectivity index (χ0v) is 18.7. The van der Waals surface area contributed by atoms with Crippen LogP contribution in [0.5, 0.6) is 46.0 Å². The number of rotatable bonds is 4. The Morgan fingerprint density at radius 3 is 1.83 bits per heavy atom. The van der Waals surface area contributed by atoms with Crippen LogP contribution in [0.2, 0.25) is 0 Å². The van der Waals surface area contributed by atoms with Crippen molar-refractivity contribution in [3.8, 4) is 46.0 Å². The van der Waals surface area contributed by atoms with E-state index in [1.54, 1.807) is 18.2 Å². The molecular weight excluding hydrogens is 464 g/mol. The minimum Gasteiger partial charge on any atom is -0.508 e. The van der Waals surface area contributed by atoms with Gasteiger partial charge in [-0.05, 0) is 53.6 Å². The molecular formula is C28H22O8. The van der Waals surface area contributed by atoms with E-state index in [0.717, 1.165) is 0 Å². The lowest BCUT2D eigenvalue weighted by Crippen LogP contribution is -2.11. The van der Waals surface area contributed by atoms with Crippen molar-refractivity contribution >= 4 is 12.2 Å². The summed E-state index contributed by atoms with van der Waals surface area (Å²) in [5, 5.41) is 70.6. The molecule has 0 spiro atoms. The van der Waals surface area contributed by atoms with Gasteiger partial charge >= 0.3 is 0 Å². The van der Waals surface area contributed by atoms with Crippen LogP contribution >= 0.6 is 0 Å². The van der Waals surface area contributed by atoms with E-state index in [-0.39, 0.29) is 40.2 Å². The smallest absolute Gasteiger partial charge is 0.138 e. The number of ether oxygens (including phenoxy) is 1. The molecule has 0 radical (unpaired) electrons. The second-order valence-electron chi connectivity index (χ2n) is 8.61. The molecule has 0 aliphatic carbocycles. The maximum atomic E-state index is 10.7. The van der Waals surface area contributed by atoms with Crippen molar-refractivity contribution in [2.45, 2.75) is 12.0 Å². The van der Waals surface area contributed by atoms with Crippen LogP contribution in [-0.2, 0) is 0 Å². The highest BCUT2D eigenvalue weighted by Gasteiger charge is 2.39. The zero-order chi connectivity index (χ0) is 25.6. The minimum absolute atomic E-state index is 0.0949. The van der Waals surface area contributed by atoms with Gasteiger partial charge in [0.05, 0.1) is 5.92 Å². The Morgan fingerprint density at radius 2 is 1.19 bits per heavy atom. The minimum atomic E-state index is -0.802. The van der Waals surface area contributed by atoms with Gasteiger partial charge in [0.15, 0.2) is 0 Å². The zero-order valence-electron chi connectivity index (χ0n) is 18.7. The molecule has 7 N–H and O–H groups in total. The van der Waals surface area contributed by atoms with E-state index in [1.807, 2.05) is 0 Å². The molecule has 36 heavy (non-hydrogen) atoms. The van der Waals surface area contributed by atoms with Gasteiger partial charge in [-0.25, -0.2) is 0 Å². The van der Waals surface area contributed by atoms with Crippen molar-refractivity contribution < 1.29 is 40.5 Å². The van der Waals surface area contributed by atoms with E-state index < -0.39 is 12.0 Å². The van der Waals surface area contributed by atoms with Crippen molar-refractivity contribution in [1.82, 2.24) is 0 Å². The maximum absolute atomic E-state index is 10.7. The SMILES string of the molecule is Oc1cc(O)cc(/C=C/c2cc3c(cc2O)O[C@@H](c2ccc(O)cc2O)[C@@H]3c2cc(O)cc(O)c2)c1. The first-order valence-electron chi connectivity index (χ1n) is 11.0. The molecule has 8 nitrogen and oxygen atoms in total. The summed E-state index contributed by atoms with van der Waals surface area (Å²) in [6.07, 6.45) is 2.41. The second-order valence-corrected chi connectivity index (χ2v) is 8.61. The summed E-state index contributed by atoms with van der Waals surface area (Å²) in [4.78, 5) is 0. The lowest BCUT2D eigenvalue weighted by atomic mass is 9.84. The van der Waals surface area contributed by atoms with Gasteiger partial charge in [0.2, 0.25) is 0 Å². The Bertz CT molecular complexity index is 1470. The van der Waals surface area contributed by atoms with Gasteiger partial charge in [-0.15, -0.1) is 0 Å². The summed E-state index contributed by atoms with van der Waals surface area (Å²) in [5.74, 6) is -1.22. The highest BCUT2D eigenvalue weighted by Crippen LogP contribution is 2.53. The van der Waals surface area contributed by atoms with E-state index in [2.05, 4.69) is 0 Å². The predicted molar refractivity (Wildman–Crippen MR) is 132 cm³/mol. The summed E-state index contributed by atoms with van der Waals surface area (Å²) in [5.41, 5.74) is 2.40. The lowest BCUT2D eigenvalue weighted by Gasteiger charge is -2.21. The van der Waals surface area contributed by atoms with Crippen LogP contribution in [0.1, 0.15) is 39.8 Å². The van der Waals surface area contributed by atoms with Crippen LogP contribution in [0, 0.1) is 0 Å². The summed E-state index contributed by atoms with van der Waals surface area (Å²) < 4.78 is 6.14. The Balaban J connectivity index is 1.63. The first-order valence-corrected chi connectivity index (χ1v) is 11.0. The van der Waals surface area contributed by atoms with Gasteiger partial charge in [0.25, 0.3) is 0 Å². The largest absolute Gasteiger partial charge is 0.508 e. The molecule has 0 saturated carbocycles. The number of fused-ring (bicyclic) bond motifs is 1. The molecule has 1 aliphatic rings. The average Bonchev–Trinajstić information content (AvgIpc) is 3.14. The third-order valence-electron chi connectivity index (χ3n) is 6.04. The fourth-order valence-electron chi connectivity index (χ4n) is 4.52. The molecule has 0 bridgehead atoms. The molecule has 1 aliphatic heterocycles. The van der Waals surface area contributed by atoms with Gasteiger partial charge < -0.3 is 40.5 Å². The highest BCUT2D eigenvalue weighted by molar-refractivity contribution is 5.75. The second kappa shape index (κ2) is 8.66. The fourth-order valence-corrected chi connectivity index (χ4v) is 4.52. The van der Waals surface area contributed by atoms with Crippen molar-refractivity contribution in [2.75, 3.05) is 0 Å². The van der Waals surface area contributed by atoms with Crippen molar-refractivity contribution in [3.05, 3.63) is 94.5 Å². The molecule has 182 valence electrons. The topological polar surface area (TPSA) is 151 Å². The van der Waals surface area contributed by atoms with E-state index in [4.69, 9.17) is 4.74 Å². The van der Waals surface area contributed by atoms with Crippen LogP contribution in [0.3, 0.4) is 0 Å². The molecule has 0 unspecified atom stereocenters. The summed E-state index contributed by atoms with van der Waals surface area (Å²) >= 11 is 0. The molecule has 0 amide bonds. The van der Waals surface area contributed by atoms with E-state index in [0.29, 0.717) is 33.6 Å². The summed E-state index contributed by atoms with van der Waals surface area (Å²) in [7, 11) is 0. The summed E-state index contributed by atoms with van der Waals surface area (Å²) in [6.45, 7) is 0. The highest BCUT2D eigenvalue weighted by atomic mass is 16.5. The van der Waals surface area contributed by atoms with Crippen molar-refractivity contribution in [3.63, 3.8) is 0 Å². The lowest BCUT2D eigenvalue weighted by molar-refractivity contribution is 0.216. The first-order chi connectivity index (χ1) is 17.2. The monoisotopic (exact) mass is 486 g/mol. The van der Waals surface area contributed by atoms with E-state index >= 15 is 0 Å². The first kappa shape index (κ1) is 22.8. The van der Waals surface area contributed by atoms with E-state index in [9.17, 15) is 35.7 Å². The average molecular weight is 486 g/mol.